The molecule has 1 aromatic carbocycles. The lowest BCUT2D eigenvalue weighted by molar-refractivity contribution is -0.131. The molecular weight excluding hydrogens is 188 g/mol. The molecule has 2 N–H and O–H groups in total. The van der Waals surface area contributed by atoms with Crippen LogP contribution in [0.25, 0.3) is 0 Å². The van der Waals surface area contributed by atoms with Crippen molar-refractivity contribution in [1.82, 2.24) is 4.90 Å². The molecule has 1 aliphatic carbocycles. The van der Waals surface area contributed by atoms with E-state index >= 15 is 0 Å². The second-order valence-corrected chi connectivity index (χ2v) is 4.21. The molecule has 1 aromatic rings. The maximum absolute atomic E-state index is 11.7. The number of hydrogen-bond donors (Lipinski definition) is 1. The fourth-order valence-corrected chi connectivity index (χ4v) is 1.69. The number of rotatable bonds is 3. The fourth-order valence-electron chi connectivity index (χ4n) is 1.69. The Balaban J connectivity index is 1.98. The molecule has 0 spiro atoms. The highest BCUT2D eigenvalue weighted by atomic mass is 16.2. The molecule has 80 valence electrons. The summed E-state index contributed by atoms with van der Waals surface area (Å²) >= 11 is 0. The first-order valence-corrected chi connectivity index (χ1v) is 5.26. The molecule has 0 aromatic heterocycles. The van der Waals surface area contributed by atoms with Crippen molar-refractivity contribution in [1.29, 1.82) is 0 Å². The summed E-state index contributed by atoms with van der Waals surface area (Å²) < 4.78 is 0. The number of amides is 1. The first-order chi connectivity index (χ1) is 7.16. The van der Waals surface area contributed by atoms with Gasteiger partial charge in [-0.3, -0.25) is 4.79 Å². The van der Waals surface area contributed by atoms with Gasteiger partial charge in [-0.15, -0.1) is 0 Å². The summed E-state index contributed by atoms with van der Waals surface area (Å²) in [5, 5.41) is 0. The Labute approximate surface area is 89.9 Å². The lowest BCUT2D eigenvalue weighted by Crippen LogP contribution is -2.27. The van der Waals surface area contributed by atoms with Crippen LogP contribution in [0, 0.1) is 5.92 Å². The van der Waals surface area contributed by atoms with Crippen LogP contribution in [0.5, 0.6) is 0 Å². The second-order valence-electron chi connectivity index (χ2n) is 4.21. The van der Waals surface area contributed by atoms with Crippen molar-refractivity contribution < 1.29 is 4.79 Å². The molecule has 0 unspecified atom stereocenters. The lowest BCUT2D eigenvalue weighted by Gasteiger charge is -2.17. The minimum absolute atomic E-state index is 0.262. The molecule has 3 nitrogen and oxygen atoms in total. The van der Waals surface area contributed by atoms with E-state index in [4.69, 9.17) is 5.73 Å². The molecule has 1 fully saturated rings. The zero-order valence-corrected chi connectivity index (χ0v) is 8.94. The SMILES string of the molecule is CN(Cc1cccc(N)c1)C(=O)C1CC1. The number of hydrogen-bond acceptors (Lipinski definition) is 2. The number of anilines is 1. The van der Waals surface area contributed by atoms with Crippen LogP contribution < -0.4 is 5.73 Å². The van der Waals surface area contributed by atoms with Crippen molar-refractivity contribution in [3.63, 3.8) is 0 Å². The van der Waals surface area contributed by atoms with E-state index in [0.29, 0.717) is 6.54 Å². The van der Waals surface area contributed by atoms with Crippen molar-refractivity contribution in [3.05, 3.63) is 29.8 Å². The third kappa shape index (κ3) is 2.49. The third-order valence-electron chi connectivity index (χ3n) is 2.67. The van der Waals surface area contributed by atoms with Crippen LogP contribution in [0.3, 0.4) is 0 Å². The van der Waals surface area contributed by atoms with Crippen LogP contribution in [-0.2, 0) is 11.3 Å². The number of carbonyl (C=O) groups is 1. The van der Waals surface area contributed by atoms with Gasteiger partial charge >= 0.3 is 0 Å². The Bertz CT molecular complexity index is 372. The van der Waals surface area contributed by atoms with E-state index in [1.54, 1.807) is 4.90 Å². The van der Waals surface area contributed by atoms with E-state index in [1.165, 1.54) is 0 Å². The largest absolute Gasteiger partial charge is 0.399 e. The van der Waals surface area contributed by atoms with E-state index in [2.05, 4.69) is 0 Å². The summed E-state index contributed by atoms with van der Waals surface area (Å²) in [4.78, 5) is 13.5. The van der Waals surface area contributed by atoms with E-state index in [0.717, 1.165) is 24.1 Å². The minimum Gasteiger partial charge on any atom is -0.399 e. The molecule has 3 heteroatoms. The highest BCUT2D eigenvalue weighted by molar-refractivity contribution is 5.80. The van der Waals surface area contributed by atoms with Gasteiger partial charge in [0.2, 0.25) is 5.91 Å². The van der Waals surface area contributed by atoms with Crippen LogP contribution in [0.2, 0.25) is 0 Å². The molecule has 0 aliphatic heterocycles. The molecule has 0 radical (unpaired) electrons. The van der Waals surface area contributed by atoms with E-state index < -0.39 is 0 Å². The normalized spacial score (nSPS) is 15.0. The van der Waals surface area contributed by atoms with Crippen molar-refractivity contribution in [2.45, 2.75) is 19.4 Å². The highest BCUT2D eigenvalue weighted by Gasteiger charge is 2.31. The van der Waals surface area contributed by atoms with E-state index in [-0.39, 0.29) is 11.8 Å². The summed E-state index contributed by atoms with van der Waals surface area (Å²) in [6, 6.07) is 7.68. The van der Waals surface area contributed by atoms with Crippen molar-refractivity contribution in [2.24, 2.45) is 5.92 Å². The molecule has 0 saturated heterocycles. The van der Waals surface area contributed by atoms with Crippen LogP contribution in [0.15, 0.2) is 24.3 Å². The zero-order valence-electron chi connectivity index (χ0n) is 8.94. The molecule has 15 heavy (non-hydrogen) atoms. The Kier molecular flexibility index (Phi) is 2.62. The van der Waals surface area contributed by atoms with Gasteiger partial charge in [-0.05, 0) is 30.5 Å². The zero-order chi connectivity index (χ0) is 10.8. The highest BCUT2D eigenvalue weighted by Crippen LogP contribution is 2.31. The molecule has 0 heterocycles. The molecule has 1 aliphatic rings. The van der Waals surface area contributed by atoms with Crippen LogP contribution >= 0.6 is 0 Å². The molecule has 0 bridgehead atoms. The summed E-state index contributed by atoms with van der Waals surface area (Å²) in [6.07, 6.45) is 2.11. The van der Waals surface area contributed by atoms with Gasteiger partial charge in [0.05, 0.1) is 0 Å². The first kappa shape index (κ1) is 10.0. The van der Waals surface area contributed by atoms with Crippen molar-refractivity contribution in [3.8, 4) is 0 Å². The Morgan fingerprint density at radius 3 is 2.87 bits per heavy atom. The van der Waals surface area contributed by atoms with Gasteiger partial charge in [0, 0.05) is 25.2 Å². The number of benzene rings is 1. The second kappa shape index (κ2) is 3.93. The Morgan fingerprint density at radius 1 is 1.53 bits per heavy atom. The minimum atomic E-state index is 0.262. The van der Waals surface area contributed by atoms with Gasteiger partial charge in [0.25, 0.3) is 0 Å². The van der Waals surface area contributed by atoms with Crippen molar-refractivity contribution in [2.75, 3.05) is 12.8 Å². The molecule has 1 amide bonds. The van der Waals surface area contributed by atoms with E-state index in [1.807, 2.05) is 31.3 Å². The average molecular weight is 204 g/mol. The van der Waals surface area contributed by atoms with Gasteiger partial charge in [-0.25, -0.2) is 0 Å². The number of carbonyl (C=O) groups excluding carboxylic acids is 1. The van der Waals surface area contributed by atoms with Gasteiger partial charge in [-0.2, -0.15) is 0 Å². The predicted octanol–water partition coefficient (Wildman–Crippen LogP) is 1.64. The molecule has 1 saturated carbocycles. The van der Waals surface area contributed by atoms with Gasteiger partial charge in [0.15, 0.2) is 0 Å². The van der Waals surface area contributed by atoms with Crippen molar-refractivity contribution >= 4 is 11.6 Å². The summed E-state index contributed by atoms with van der Waals surface area (Å²) in [5.74, 6) is 0.550. The Morgan fingerprint density at radius 2 is 2.27 bits per heavy atom. The number of nitrogens with zero attached hydrogens (tertiary/aromatic N) is 1. The standard InChI is InChI=1S/C12H16N2O/c1-14(12(15)10-5-6-10)8-9-3-2-4-11(13)7-9/h2-4,7,10H,5-6,8,13H2,1H3. The van der Waals surface area contributed by atoms with Crippen LogP contribution in [0.4, 0.5) is 5.69 Å². The summed E-state index contributed by atoms with van der Waals surface area (Å²) in [5.41, 5.74) is 7.52. The summed E-state index contributed by atoms with van der Waals surface area (Å²) in [7, 11) is 1.85. The quantitative estimate of drug-likeness (QED) is 0.761. The summed E-state index contributed by atoms with van der Waals surface area (Å²) in [6.45, 7) is 0.653. The topological polar surface area (TPSA) is 46.3 Å². The van der Waals surface area contributed by atoms with Gasteiger partial charge < -0.3 is 10.6 Å². The maximum atomic E-state index is 11.7. The predicted molar refractivity (Wildman–Crippen MR) is 60.1 cm³/mol. The van der Waals surface area contributed by atoms with Gasteiger partial charge in [-0.1, -0.05) is 12.1 Å². The number of nitrogen functional groups attached to an aromatic ring is 1. The molecule has 0 atom stereocenters. The third-order valence-corrected chi connectivity index (χ3v) is 2.67. The average Bonchev–Trinajstić information content (AvgIpc) is 2.99. The van der Waals surface area contributed by atoms with E-state index in [9.17, 15) is 4.79 Å². The molecule has 2 rings (SSSR count). The molecular formula is C12H16N2O. The van der Waals surface area contributed by atoms with Crippen LogP contribution in [0.1, 0.15) is 18.4 Å². The first-order valence-electron chi connectivity index (χ1n) is 5.26. The lowest BCUT2D eigenvalue weighted by atomic mass is 10.2. The smallest absolute Gasteiger partial charge is 0.225 e. The van der Waals surface area contributed by atoms with Crippen LogP contribution in [-0.4, -0.2) is 17.9 Å². The van der Waals surface area contributed by atoms with Gasteiger partial charge in [0.1, 0.15) is 0 Å². The maximum Gasteiger partial charge on any atom is 0.225 e. The fraction of sp³-hybridized carbons (Fsp3) is 0.417. The monoisotopic (exact) mass is 204 g/mol. The Hall–Kier alpha value is -1.51. The number of nitrogens with two attached hydrogens (primary N) is 1.